The first-order chi connectivity index (χ1) is 8.16. The second kappa shape index (κ2) is 4.82. The number of nitrogens with zero attached hydrogens (tertiary/aromatic N) is 2. The molecule has 2 aromatic rings. The second-order valence-electron chi connectivity index (χ2n) is 4.02. The van der Waals surface area contributed by atoms with Crippen molar-refractivity contribution in [2.24, 2.45) is 7.05 Å². The highest BCUT2D eigenvalue weighted by Gasteiger charge is 2.07. The molecular weight excluding hydrogens is 216 g/mol. The van der Waals surface area contributed by atoms with Gasteiger partial charge in [-0.25, -0.2) is 4.79 Å². The van der Waals surface area contributed by atoms with E-state index >= 15 is 0 Å². The van der Waals surface area contributed by atoms with E-state index in [0.717, 1.165) is 5.56 Å². The fourth-order valence-electron chi connectivity index (χ4n) is 1.70. The molecule has 0 unspecified atom stereocenters. The van der Waals surface area contributed by atoms with Gasteiger partial charge in [-0.15, -0.1) is 0 Å². The largest absolute Gasteiger partial charge is 0.328 e. The molecule has 0 N–H and O–H groups in total. The number of carbonyl (C=O) groups is 1. The lowest BCUT2D eigenvalue weighted by atomic mass is 10.1. The van der Waals surface area contributed by atoms with Crippen molar-refractivity contribution in [3.8, 4) is 0 Å². The molecule has 1 heterocycles. The minimum atomic E-state index is -0.161. The SMILES string of the molecule is Cn1ccn(CC(=O)Cc2ccccc2)c1=O. The molecular formula is C13H14N2O2. The average Bonchev–Trinajstić information content (AvgIpc) is 2.62. The zero-order chi connectivity index (χ0) is 12.3. The first kappa shape index (κ1) is 11.4. The topological polar surface area (TPSA) is 44.0 Å². The maximum absolute atomic E-state index is 11.8. The Balaban J connectivity index is 2.03. The molecule has 0 radical (unpaired) electrons. The van der Waals surface area contributed by atoms with Crippen molar-refractivity contribution < 1.29 is 4.79 Å². The van der Waals surface area contributed by atoms with Gasteiger partial charge >= 0.3 is 5.69 Å². The van der Waals surface area contributed by atoms with Gasteiger partial charge in [0.15, 0.2) is 5.78 Å². The number of benzene rings is 1. The van der Waals surface area contributed by atoms with E-state index in [4.69, 9.17) is 0 Å². The molecule has 0 aliphatic rings. The third-order valence-electron chi connectivity index (χ3n) is 2.61. The predicted octanol–water partition coefficient (Wildman–Crippen LogP) is 0.999. The number of Topliss-reactive ketones (excluding diaryl/α,β-unsaturated/α-hetero) is 1. The maximum Gasteiger partial charge on any atom is 0.328 e. The van der Waals surface area contributed by atoms with E-state index < -0.39 is 0 Å². The van der Waals surface area contributed by atoms with E-state index in [-0.39, 0.29) is 18.0 Å². The van der Waals surface area contributed by atoms with Crippen molar-refractivity contribution in [2.45, 2.75) is 13.0 Å². The van der Waals surface area contributed by atoms with Gasteiger partial charge in [0.05, 0.1) is 6.54 Å². The lowest BCUT2D eigenvalue weighted by molar-refractivity contribution is -0.119. The van der Waals surface area contributed by atoms with Gasteiger partial charge in [-0.2, -0.15) is 0 Å². The molecule has 1 aromatic carbocycles. The van der Waals surface area contributed by atoms with Crippen LogP contribution < -0.4 is 5.69 Å². The van der Waals surface area contributed by atoms with Crippen molar-refractivity contribution in [1.82, 2.24) is 9.13 Å². The Morgan fingerprint density at radius 2 is 1.88 bits per heavy atom. The van der Waals surface area contributed by atoms with Gasteiger partial charge in [-0.3, -0.25) is 9.36 Å². The van der Waals surface area contributed by atoms with Crippen LogP contribution in [0.2, 0.25) is 0 Å². The smallest absolute Gasteiger partial charge is 0.302 e. The molecule has 0 aliphatic heterocycles. The Hall–Kier alpha value is -2.10. The molecule has 0 amide bonds. The molecule has 0 saturated carbocycles. The lowest BCUT2D eigenvalue weighted by Crippen LogP contribution is -2.25. The van der Waals surface area contributed by atoms with E-state index in [1.54, 1.807) is 19.4 Å². The molecule has 0 saturated heterocycles. The van der Waals surface area contributed by atoms with Gasteiger partial charge in [0.25, 0.3) is 0 Å². The van der Waals surface area contributed by atoms with E-state index in [1.165, 1.54) is 9.13 Å². The van der Waals surface area contributed by atoms with E-state index in [9.17, 15) is 9.59 Å². The molecule has 0 fully saturated rings. The highest BCUT2D eigenvalue weighted by atomic mass is 16.2. The Morgan fingerprint density at radius 1 is 1.18 bits per heavy atom. The van der Waals surface area contributed by atoms with Crippen molar-refractivity contribution in [1.29, 1.82) is 0 Å². The average molecular weight is 230 g/mol. The van der Waals surface area contributed by atoms with Crippen LogP contribution in [-0.4, -0.2) is 14.9 Å². The summed E-state index contributed by atoms with van der Waals surface area (Å²) < 4.78 is 2.88. The Bertz CT molecular complexity index is 567. The zero-order valence-electron chi connectivity index (χ0n) is 9.67. The minimum Gasteiger partial charge on any atom is -0.302 e. The van der Waals surface area contributed by atoms with Gasteiger partial charge in [-0.05, 0) is 5.56 Å². The fourth-order valence-corrected chi connectivity index (χ4v) is 1.70. The molecule has 4 nitrogen and oxygen atoms in total. The van der Waals surface area contributed by atoms with Gasteiger partial charge in [0, 0.05) is 25.9 Å². The summed E-state index contributed by atoms with van der Waals surface area (Å²) in [4.78, 5) is 23.3. The van der Waals surface area contributed by atoms with Crippen molar-refractivity contribution >= 4 is 5.78 Å². The first-order valence-corrected chi connectivity index (χ1v) is 5.44. The summed E-state index contributed by atoms with van der Waals surface area (Å²) in [7, 11) is 1.67. The van der Waals surface area contributed by atoms with Crippen molar-refractivity contribution in [3.63, 3.8) is 0 Å². The second-order valence-corrected chi connectivity index (χ2v) is 4.02. The number of hydrogen-bond donors (Lipinski definition) is 0. The maximum atomic E-state index is 11.8. The number of hydrogen-bond acceptors (Lipinski definition) is 2. The number of carbonyl (C=O) groups excluding carboxylic acids is 1. The quantitative estimate of drug-likeness (QED) is 0.786. The molecule has 1 aromatic heterocycles. The zero-order valence-corrected chi connectivity index (χ0v) is 9.67. The minimum absolute atomic E-state index is 0.0319. The highest BCUT2D eigenvalue weighted by molar-refractivity contribution is 5.80. The number of aryl methyl sites for hydroxylation is 1. The van der Waals surface area contributed by atoms with Gasteiger partial charge in [0.2, 0.25) is 0 Å². The van der Waals surface area contributed by atoms with Crippen LogP contribution >= 0.6 is 0 Å². The van der Waals surface area contributed by atoms with Crippen LogP contribution in [0.15, 0.2) is 47.5 Å². The Kier molecular flexibility index (Phi) is 3.23. The standard InChI is InChI=1S/C13H14N2O2/c1-14-7-8-15(13(14)17)10-12(16)9-11-5-3-2-4-6-11/h2-8H,9-10H2,1H3. The summed E-state index contributed by atoms with van der Waals surface area (Å²) in [6.45, 7) is 0.133. The summed E-state index contributed by atoms with van der Waals surface area (Å²) >= 11 is 0. The lowest BCUT2D eigenvalue weighted by Gasteiger charge is -2.01. The normalized spacial score (nSPS) is 10.4. The summed E-state index contributed by atoms with van der Waals surface area (Å²) in [5.74, 6) is 0.0319. The monoisotopic (exact) mass is 230 g/mol. The summed E-state index contributed by atoms with van der Waals surface area (Å²) in [5, 5.41) is 0. The third-order valence-corrected chi connectivity index (χ3v) is 2.61. The van der Waals surface area contributed by atoms with E-state index in [2.05, 4.69) is 0 Å². The highest BCUT2D eigenvalue weighted by Crippen LogP contribution is 2.00. The van der Waals surface area contributed by atoms with Crippen LogP contribution in [0.5, 0.6) is 0 Å². The number of rotatable bonds is 4. The number of imidazole rings is 1. The summed E-state index contributed by atoms with van der Waals surface area (Å²) in [6.07, 6.45) is 3.64. The van der Waals surface area contributed by atoms with E-state index in [1.807, 2.05) is 30.3 Å². The van der Waals surface area contributed by atoms with E-state index in [0.29, 0.717) is 6.42 Å². The van der Waals surface area contributed by atoms with Gasteiger partial charge < -0.3 is 4.57 Å². The molecule has 4 heteroatoms. The molecule has 17 heavy (non-hydrogen) atoms. The molecule has 0 atom stereocenters. The van der Waals surface area contributed by atoms with Crippen LogP contribution in [0.4, 0.5) is 0 Å². The number of ketones is 1. The third kappa shape index (κ3) is 2.72. The molecule has 88 valence electrons. The molecule has 0 bridgehead atoms. The Morgan fingerprint density at radius 3 is 2.47 bits per heavy atom. The van der Waals surface area contributed by atoms with Crippen LogP contribution in [0.25, 0.3) is 0 Å². The molecule has 2 rings (SSSR count). The molecule has 0 spiro atoms. The van der Waals surface area contributed by atoms with Crippen molar-refractivity contribution in [3.05, 3.63) is 58.8 Å². The summed E-state index contributed by atoms with van der Waals surface area (Å²) in [5.41, 5.74) is 0.813. The van der Waals surface area contributed by atoms with Gasteiger partial charge in [-0.1, -0.05) is 30.3 Å². The molecule has 0 aliphatic carbocycles. The fraction of sp³-hybridized carbons (Fsp3) is 0.231. The van der Waals surface area contributed by atoms with Gasteiger partial charge in [0.1, 0.15) is 0 Å². The van der Waals surface area contributed by atoms with Crippen LogP contribution in [0.3, 0.4) is 0 Å². The first-order valence-electron chi connectivity index (χ1n) is 5.44. The Labute approximate surface area is 99.1 Å². The van der Waals surface area contributed by atoms with Crippen LogP contribution in [0, 0.1) is 0 Å². The van der Waals surface area contributed by atoms with Crippen LogP contribution in [0.1, 0.15) is 5.56 Å². The predicted molar refractivity (Wildman–Crippen MR) is 64.8 cm³/mol. The van der Waals surface area contributed by atoms with Crippen molar-refractivity contribution in [2.75, 3.05) is 0 Å². The number of aromatic nitrogens is 2. The summed E-state index contributed by atoms with van der Waals surface area (Å²) in [6, 6.07) is 9.53. The van der Waals surface area contributed by atoms with Crippen LogP contribution in [-0.2, 0) is 24.8 Å².